The molecule has 2 unspecified atom stereocenters. The molecule has 0 aromatic carbocycles. The summed E-state index contributed by atoms with van der Waals surface area (Å²) in [6.45, 7) is 4.52. The van der Waals surface area contributed by atoms with Crippen LogP contribution in [0.4, 0.5) is 0 Å². The average Bonchev–Trinajstić information content (AvgIpc) is 2.42. The number of carbonyl (C=O) groups excluding carboxylic acids is 4. The molecular formula is C14H19ClO9. The zero-order chi connectivity index (χ0) is 18.4. The van der Waals surface area contributed by atoms with Crippen molar-refractivity contribution in [1.29, 1.82) is 0 Å². The third-order valence-corrected chi connectivity index (χ3v) is 3.24. The van der Waals surface area contributed by atoms with Crippen LogP contribution in [0.1, 0.15) is 27.7 Å². The lowest BCUT2D eigenvalue weighted by Gasteiger charge is -2.43. The maximum absolute atomic E-state index is 11.4. The van der Waals surface area contributed by atoms with Gasteiger partial charge in [0, 0.05) is 27.7 Å². The first-order valence-corrected chi connectivity index (χ1v) is 7.59. The van der Waals surface area contributed by atoms with Crippen LogP contribution in [0, 0.1) is 0 Å². The molecule has 1 rings (SSSR count). The van der Waals surface area contributed by atoms with E-state index >= 15 is 0 Å². The molecule has 0 aromatic heterocycles. The zero-order valence-electron chi connectivity index (χ0n) is 13.6. The fourth-order valence-electron chi connectivity index (χ4n) is 2.24. The van der Waals surface area contributed by atoms with Gasteiger partial charge in [0.05, 0.1) is 5.88 Å². The molecule has 1 saturated heterocycles. The standard InChI is InChI=1S/C14H19ClO9/c1-6(16)20-11-10(5-15)24-14(23-9(4)19)13(22-8(3)18)12(11)21-7(2)17/h10-14H,5H2,1-4H3/t10?,11-,12-,13+,14?/m1/s1. The molecule has 1 heterocycles. The lowest BCUT2D eigenvalue weighted by Crippen LogP contribution is -2.62. The van der Waals surface area contributed by atoms with Gasteiger partial charge in [-0.05, 0) is 0 Å². The lowest BCUT2D eigenvalue weighted by atomic mass is 9.98. The second-order valence-corrected chi connectivity index (χ2v) is 5.34. The summed E-state index contributed by atoms with van der Waals surface area (Å²) in [4.78, 5) is 45.4. The van der Waals surface area contributed by atoms with Gasteiger partial charge in [0.25, 0.3) is 0 Å². The minimum absolute atomic E-state index is 0.153. The number of halogens is 1. The van der Waals surface area contributed by atoms with Crippen LogP contribution in [0.25, 0.3) is 0 Å². The fraction of sp³-hybridized carbons (Fsp3) is 0.714. The molecular weight excluding hydrogens is 348 g/mol. The van der Waals surface area contributed by atoms with Crippen LogP contribution in [-0.4, -0.2) is 60.5 Å². The molecule has 5 atom stereocenters. The molecule has 0 aliphatic carbocycles. The van der Waals surface area contributed by atoms with Crippen molar-refractivity contribution in [2.75, 3.05) is 5.88 Å². The van der Waals surface area contributed by atoms with Gasteiger partial charge in [0.2, 0.25) is 12.4 Å². The molecule has 0 N–H and O–H groups in total. The molecule has 0 bridgehead atoms. The fourth-order valence-corrected chi connectivity index (χ4v) is 2.49. The molecule has 0 spiro atoms. The van der Waals surface area contributed by atoms with Crippen molar-refractivity contribution in [3.63, 3.8) is 0 Å². The van der Waals surface area contributed by atoms with Crippen molar-refractivity contribution in [3.05, 3.63) is 0 Å². The summed E-state index contributed by atoms with van der Waals surface area (Å²) in [6, 6.07) is 0. The van der Waals surface area contributed by atoms with E-state index in [-0.39, 0.29) is 5.88 Å². The van der Waals surface area contributed by atoms with Gasteiger partial charge in [-0.3, -0.25) is 19.2 Å². The van der Waals surface area contributed by atoms with Crippen LogP contribution in [0.15, 0.2) is 0 Å². The predicted molar refractivity (Wildman–Crippen MR) is 77.8 cm³/mol. The van der Waals surface area contributed by atoms with Crippen molar-refractivity contribution in [1.82, 2.24) is 0 Å². The SMILES string of the molecule is CC(=O)OC1OC(CCl)[C@@H](OC(C)=O)[C@@H](OC(C)=O)[C@@H]1OC(C)=O. The second kappa shape index (κ2) is 8.84. The quantitative estimate of drug-likeness (QED) is 0.385. The smallest absolute Gasteiger partial charge is 0.305 e. The van der Waals surface area contributed by atoms with Crippen LogP contribution in [-0.2, 0) is 42.9 Å². The Kier molecular flexibility index (Phi) is 7.43. The minimum atomic E-state index is -1.37. The molecule has 1 aliphatic rings. The monoisotopic (exact) mass is 366 g/mol. The third-order valence-electron chi connectivity index (χ3n) is 2.93. The normalized spacial score (nSPS) is 29.3. The van der Waals surface area contributed by atoms with E-state index in [0.717, 1.165) is 27.7 Å². The van der Waals surface area contributed by atoms with Crippen molar-refractivity contribution < 1.29 is 42.9 Å². The number of hydrogen-bond donors (Lipinski definition) is 0. The van der Waals surface area contributed by atoms with Gasteiger partial charge in [-0.15, -0.1) is 11.6 Å². The van der Waals surface area contributed by atoms with Crippen LogP contribution in [0.2, 0.25) is 0 Å². The van der Waals surface area contributed by atoms with Crippen LogP contribution >= 0.6 is 11.6 Å². The van der Waals surface area contributed by atoms with Gasteiger partial charge in [0.15, 0.2) is 12.2 Å². The number of rotatable bonds is 5. The molecule has 1 fully saturated rings. The molecule has 136 valence electrons. The molecule has 1 aliphatic heterocycles. The molecule has 0 radical (unpaired) electrons. The van der Waals surface area contributed by atoms with E-state index in [1.807, 2.05) is 0 Å². The Morgan fingerprint density at radius 2 is 1.17 bits per heavy atom. The summed E-state index contributed by atoms with van der Waals surface area (Å²) >= 11 is 5.81. The van der Waals surface area contributed by atoms with Crippen LogP contribution in [0.5, 0.6) is 0 Å². The number of hydrogen-bond acceptors (Lipinski definition) is 9. The molecule has 0 saturated carbocycles. The maximum atomic E-state index is 11.4. The number of esters is 4. The third kappa shape index (κ3) is 5.64. The van der Waals surface area contributed by atoms with E-state index in [9.17, 15) is 19.2 Å². The van der Waals surface area contributed by atoms with Gasteiger partial charge < -0.3 is 23.7 Å². The van der Waals surface area contributed by atoms with E-state index in [0.29, 0.717) is 0 Å². The van der Waals surface area contributed by atoms with E-state index in [1.165, 1.54) is 0 Å². The van der Waals surface area contributed by atoms with E-state index < -0.39 is 54.6 Å². The van der Waals surface area contributed by atoms with E-state index in [1.54, 1.807) is 0 Å². The summed E-state index contributed by atoms with van der Waals surface area (Å²) in [5.41, 5.74) is 0. The van der Waals surface area contributed by atoms with E-state index in [4.69, 9.17) is 35.3 Å². The van der Waals surface area contributed by atoms with Gasteiger partial charge in [-0.2, -0.15) is 0 Å². The number of ether oxygens (including phenoxy) is 5. The first-order valence-electron chi connectivity index (χ1n) is 7.06. The first kappa shape index (κ1) is 20.2. The lowest BCUT2D eigenvalue weighted by molar-refractivity contribution is -0.292. The highest BCUT2D eigenvalue weighted by atomic mass is 35.5. The van der Waals surface area contributed by atoms with Crippen LogP contribution in [0.3, 0.4) is 0 Å². The number of alkyl halides is 1. The summed E-state index contributed by atoms with van der Waals surface area (Å²) in [5, 5.41) is 0. The maximum Gasteiger partial charge on any atom is 0.305 e. The van der Waals surface area contributed by atoms with Crippen molar-refractivity contribution in [3.8, 4) is 0 Å². The largest absolute Gasteiger partial charge is 0.456 e. The molecule has 9 nitrogen and oxygen atoms in total. The molecule has 10 heteroatoms. The molecule has 24 heavy (non-hydrogen) atoms. The van der Waals surface area contributed by atoms with Crippen molar-refractivity contribution in [2.45, 2.75) is 58.4 Å². The van der Waals surface area contributed by atoms with Gasteiger partial charge >= 0.3 is 23.9 Å². The van der Waals surface area contributed by atoms with Crippen molar-refractivity contribution in [2.24, 2.45) is 0 Å². The molecule has 0 amide bonds. The summed E-state index contributed by atoms with van der Waals surface area (Å²) in [5.74, 6) is -2.99. The summed E-state index contributed by atoms with van der Waals surface area (Å²) < 4.78 is 25.8. The Labute approximate surface area is 143 Å². The Morgan fingerprint density at radius 3 is 1.58 bits per heavy atom. The Balaban J connectivity index is 3.23. The average molecular weight is 367 g/mol. The van der Waals surface area contributed by atoms with Gasteiger partial charge in [-0.25, -0.2) is 0 Å². The predicted octanol–water partition coefficient (Wildman–Crippen LogP) is 0.308. The van der Waals surface area contributed by atoms with Gasteiger partial charge in [-0.1, -0.05) is 0 Å². The van der Waals surface area contributed by atoms with Crippen LogP contribution < -0.4 is 0 Å². The highest BCUT2D eigenvalue weighted by Gasteiger charge is 2.52. The Bertz CT molecular complexity index is 506. The number of carbonyl (C=O) groups is 4. The molecule has 0 aromatic rings. The topological polar surface area (TPSA) is 114 Å². The Morgan fingerprint density at radius 1 is 0.750 bits per heavy atom. The summed E-state index contributed by atoms with van der Waals surface area (Å²) in [6.07, 6.45) is -6.03. The minimum Gasteiger partial charge on any atom is -0.456 e. The zero-order valence-corrected chi connectivity index (χ0v) is 14.4. The first-order chi connectivity index (χ1) is 11.1. The highest BCUT2D eigenvalue weighted by Crippen LogP contribution is 2.30. The second-order valence-electron chi connectivity index (χ2n) is 5.03. The van der Waals surface area contributed by atoms with Crippen molar-refractivity contribution >= 4 is 35.5 Å². The van der Waals surface area contributed by atoms with E-state index in [2.05, 4.69) is 0 Å². The highest BCUT2D eigenvalue weighted by molar-refractivity contribution is 6.18. The van der Waals surface area contributed by atoms with Gasteiger partial charge in [0.1, 0.15) is 6.10 Å². The Hall–Kier alpha value is -1.87. The summed E-state index contributed by atoms with van der Waals surface area (Å²) in [7, 11) is 0.